The lowest BCUT2D eigenvalue weighted by atomic mass is 9.96. The third-order valence-corrected chi connectivity index (χ3v) is 5.41. The Hall–Kier alpha value is -1.67. The summed E-state index contributed by atoms with van der Waals surface area (Å²) in [5, 5.41) is 5.70. The summed E-state index contributed by atoms with van der Waals surface area (Å²) in [6, 6.07) is 3.57. The molecule has 0 spiro atoms. The number of amides is 2. The molecular weight excluding hydrogens is 328 g/mol. The second kappa shape index (κ2) is 8.98. The average molecular weight is 354 g/mol. The van der Waals surface area contributed by atoms with Crippen LogP contribution in [-0.2, 0) is 16.6 Å². The van der Waals surface area contributed by atoms with Crippen molar-refractivity contribution in [3.8, 4) is 0 Å². The monoisotopic (exact) mass is 354 g/mol. The van der Waals surface area contributed by atoms with Crippen LogP contribution in [0.3, 0.4) is 0 Å². The van der Waals surface area contributed by atoms with E-state index in [9.17, 15) is 13.2 Å². The summed E-state index contributed by atoms with van der Waals surface area (Å²) in [5.74, 6) is 0. The summed E-state index contributed by atoms with van der Waals surface area (Å²) in [6.07, 6.45) is 10.0. The Balaban J connectivity index is 1.79. The molecule has 2 amide bonds. The maximum atomic E-state index is 11.9. The van der Waals surface area contributed by atoms with Crippen molar-refractivity contribution in [2.45, 2.75) is 44.7 Å². The van der Waals surface area contributed by atoms with Crippen molar-refractivity contribution in [2.75, 3.05) is 19.3 Å². The van der Waals surface area contributed by atoms with Crippen LogP contribution in [0.5, 0.6) is 0 Å². The van der Waals surface area contributed by atoms with E-state index < -0.39 is 10.0 Å². The first-order chi connectivity index (χ1) is 11.4. The molecule has 7 nitrogen and oxygen atoms in total. The summed E-state index contributed by atoms with van der Waals surface area (Å²) in [4.78, 5) is 15.8. The fourth-order valence-corrected chi connectivity index (χ4v) is 3.64. The molecular formula is C16H26N4O3S. The van der Waals surface area contributed by atoms with Gasteiger partial charge in [0.1, 0.15) is 0 Å². The van der Waals surface area contributed by atoms with Crippen molar-refractivity contribution in [1.29, 1.82) is 0 Å². The molecule has 1 heterocycles. The molecule has 1 aromatic rings. The highest BCUT2D eigenvalue weighted by atomic mass is 32.2. The van der Waals surface area contributed by atoms with Gasteiger partial charge in [0.25, 0.3) is 0 Å². The van der Waals surface area contributed by atoms with Crippen LogP contribution in [0.2, 0.25) is 0 Å². The quantitative estimate of drug-likeness (QED) is 0.776. The molecule has 24 heavy (non-hydrogen) atoms. The number of aromatic nitrogens is 1. The molecule has 2 N–H and O–H groups in total. The first kappa shape index (κ1) is 18.7. The van der Waals surface area contributed by atoms with Gasteiger partial charge in [-0.2, -0.15) is 4.31 Å². The lowest BCUT2D eigenvalue weighted by Crippen LogP contribution is -2.45. The number of nitrogens with one attached hydrogen (secondary N) is 2. The number of hydrogen-bond acceptors (Lipinski definition) is 4. The SMILES string of the molecule is CS(=O)(=O)N(CCNC(=O)NC1CCCCC1)Cc1ccncc1. The molecule has 2 rings (SSSR count). The Kier molecular flexibility index (Phi) is 6.99. The van der Waals surface area contributed by atoms with Gasteiger partial charge in [-0.15, -0.1) is 0 Å². The van der Waals surface area contributed by atoms with Gasteiger partial charge in [-0.1, -0.05) is 19.3 Å². The standard InChI is InChI=1S/C16H26N4O3S/c1-24(22,23)20(13-14-7-9-17-10-8-14)12-11-18-16(21)19-15-5-3-2-4-6-15/h7-10,15H,2-6,11-13H2,1H3,(H2,18,19,21). The van der Waals surface area contributed by atoms with Gasteiger partial charge in [0.15, 0.2) is 0 Å². The van der Waals surface area contributed by atoms with Crippen LogP contribution >= 0.6 is 0 Å². The summed E-state index contributed by atoms with van der Waals surface area (Å²) in [7, 11) is -3.35. The molecule has 134 valence electrons. The Labute approximate surface area is 143 Å². The van der Waals surface area contributed by atoms with Gasteiger partial charge in [0.05, 0.1) is 6.26 Å². The van der Waals surface area contributed by atoms with Gasteiger partial charge >= 0.3 is 6.03 Å². The molecule has 1 aliphatic carbocycles. The van der Waals surface area contributed by atoms with Gasteiger partial charge in [0.2, 0.25) is 10.0 Å². The van der Waals surface area contributed by atoms with Crippen LogP contribution in [-0.4, -0.2) is 49.1 Å². The van der Waals surface area contributed by atoms with Crippen molar-refractivity contribution < 1.29 is 13.2 Å². The first-order valence-corrected chi connectivity index (χ1v) is 10.2. The normalized spacial score (nSPS) is 16.1. The van der Waals surface area contributed by atoms with E-state index in [1.807, 2.05) is 0 Å². The molecule has 0 atom stereocenters. The number of urea groups is 1. The number of hydrogen-bond donors (Lipinski definition) is 2. The minimum Gasteiger partial charge on any atom is -0.337 e. The molecule has 1 aliphatic rings. The fraction of sp³-hybridized carbons (Fsp3) is 0.625. The third kappa shape index (κ3) is 6.45. The Morgan fingerprint density at radius 2 is 1.92 bits per heavy atom. The number of carbonyl (C=O) groups is 1. The Bertz CT molecular complexity index is 615. The maximum absolute atomic E-state index is 11.9. The first-order valence-electron chi connectivity index (χ1n) is 8.33. The lowest BCUT2D eigenvalue weighted by Gasteiger charge is -2.24. The van der Waals surface area contributed by atoms with E-state index in [1.54, 1.807) is 24.5 Å². The van der Waals surface area contributed by atoms with E-state index >= 15 is 0 Å². The van der Waals surface area contributed by atoms with Crippen molar-refractivity contribution in [2.24, 2.45) is 0 Å². The number of pyridine rings is 1. The van der Waals surface area contributed by atoms with Crippen LogP contribution in [0.15, 0.2) is 24.5 Å². The average Bonchev–Trinajstić information content (AvgIpc) is 2.55. The fourth-order valence-electron chi connectivity index (χ4n) is 2.83. The van der Waals surface area contributed by atoms with Crippen LogP contribution in [0, 0.1) is 0 Å². The number of rotatable bonds is 7. The molecule has 1 fully saturated rings. The molecule has 0 saturated heterocycles. The molecule has 0 aromatic carbocycles. The summed E-state index contributed by atoms with van der Waals surface area (Å²) < 4.78 is 25.2. The number of nitrogens with zero attached hydrogens (tertiary/aromatic N) is 2. The number of carbonyl (C=O) groups excluding carboxylic acids is 1. The number of sulfonamides is 1. The maximum Gasteiger partial charge on any atom is 0.315 e. The predicted octanol–water partition coefficient (Wildman–Crippen LogP) is 1.48. The van der Waals surface area contributed by atoms with Crippen LogP contribution in [0.1, 0.15) is 37.7 Å². The molecule has 1 aromatic heterocycles. The molecule has 1 saturated carbocycles. The highest BCUT2D eigenvalue weighted by molar-refractivity contribution is 7.88. The van der Waals surface area contributed by atoms with E-state index in [0.29, 0.717) is 0 Å². The minimum atomic E-state index is -3.35. The van der Waals surface area contributed by atoms with Crippen LogP contribution in [0.25, 0.3) is 0 Å². The predicted molar refractivity (Wildman–Crippen MR) is 92.9 cm³/mol. The summed E-state index contributed by atoms with van der Waals surface area (Å²) in [5.41, 5.74) is 0.863. The van der Waals surface area contributed by atoms with Crippen molar-refractivity contribution in [3.05, 3.63) is 30.1 Å². The van der Waals surface area contributed by atoms with E-state index in [4.69, 9.17) is 0 Å². The highest BCUT2D eigenvalue weighted by Gasteiger charge is 2.18. The molecule has 0 bridgehead atoms. The zero-order valence-electron chi connectivity index (χ0n) is 14.1. The van der Waals surface area contributed by atoms with E-state index in [1.165, 1.54) is 17.0 Å². The van der Waals surface area contributed by atoms with Crippen LogP contribution in [0.4, 0.5) is 4.79 Å². The molecule has 0 radical (unpaired) electrons. The van der Waals surface area contributed by atoms with Crippen molar-refractivity contribution >= 4 is 16.1 Å². The summed E-state index contributed by atoms with van der Waals surface area (Å²) >= 11 is 0. The highest BCUT2D eigenvalue weighted by Crippen LogP contribution is 2.17. The molecule has 8 heteroatoms. The zero-order valence-corrected chi connectivity index (χ0v) is 14.9. The van der Waals surface area contributed by atoms with Gasteiger partial charge in [-0.25, -0.2) is 13.2 Å². The lowest BCUT2D eigenvalue weighted by molar-refractivity contribution is 0.231. The van der Waals surface area contributed by atoms with Gasteiger partial charge in [-0.05, 0) is 30.5 Å². The van der Waals surface area contributed by atoms with Crippen LogP contribution < -0.4 is 10.6 Å². The van der Waals surface area contributed by atoms with Gasteiger partial charge in [-0.3, -0.25) is 4.98 Å². The summed E-state index contributed by atoms with van der Waals surface area (Å²) in [6.45, 7) is 0.781. The topological polar surface area (TPSA) is 91.4 Å². The van der Waals surface area contributed by atoms with Gasteiger partial charge in [0, 0.05) is 38.1 Å². The van der Waals surface area contributed by atoms with E-state index in [-0.39, 0.29) is 31.7 Å². The zero-order chi connectivity index (χ0) is 17.4. The van der Waals surface area contributed by atoms with Crippen molar-refractivity contribution in [3.63, 3.8) is 0 Å². The second-order valence-electron chi connectivity index (χ2n) is 6.19. The smallest absolute Gasteiger partial charge is 0.315 e. The molecule has 0 unspecified atom stereocenters. The second-order valence-corrected chi connectivity index (χ2v) is 8.17. The Morgan fingerprint density at radius 3 is 2.54 bits per heavy atom. The van der Waals surface area contributed by atoms with Crippen molar-refractivity contribution in [1.82, 2.24) is 19.9 Å². The molecule has 0 aliphatic heterocycles. The van der Waals surface area contributed by atoms with E-state index in [2.05, 4.69) is 15.6 Å². The minimum absolute atomic E-state index is 0.223. The van der Waals surface area contributed by atoms with E-state index in [0.717, 1.165) is 31.2 Å². The third-order valence-electron chi connectivity index (χ3n) is 4.16. The largest absolute Gasteiger partial charge is 0.337 e. The van der Waals surface area contributed by atoms with Gasteiger partial charge < -0.3 is 10.6 Å². The Morgan fingerprint density at radius 1 is 1.25 bits per heavy atom.